The van der Waals surface area contributed by atoms with Crippen molar-refractivity contribution >= 4 is 6.09 Å². The number of ether oxygens (including phenoxy) is 3. The lowest BCUT2D eigenvalue weighted by atomic mass is 9.46. The monoisotopic (exact) mass is 517 g/mol. The molecule has 6 aliphatic rings. The third-order valence-electron chi connectivity index (χ3n) is 13.2. The number of nitrogens with two attached hydrogens (primary N) is 1. The van der Waals surface area contributed by atoms with E-state index in [-0.39, 0.29) is 29.8 Å². The maximum atomic E-state index is 11.6. The van der Waals surface area contributed by atoms with E-state index in [0.29, 0.717) is 34.7 Å². The Labute approximate surface area is 223 Å². The molecule has 0 aromatic carbocycles. The van der Waals surface area contributed by atoms with Crippen LogP contribution in [-0.4, -0.2) is 47.8 Å². The minimum atomic E-state index is -0.907. The molecule has 2 spiro atoms. The Balaban J connectivity index is 1.23. The Bertz CT molecular complexity index is 929. The van der Waals surface area contributed by atoms with Crippen molar-refractivity contribution in [1.82, 2.24) is 0 Å². The van der Waals surface area contributed by atoms with Gasteiger partial charge in [-0.15, -0.1) is 0 Å². The van der Waals surface area contributed by atoms with Gasteiger partial charge in [-0.05, 0) is 125 Å². The van der Waals surface area contributed by atoms with Crippen molar-refractivity contribution in [2.45, 2.75) is 136 Å². The quantitative estimate of drug-likeness (QED) is 0.479. The number of primary amides is 1. The summed E-state index contributed by atoms with van der Waals surface area (Å²) in [5, 5.41) is 10.8. The van der Waals surface area contributed by atoms with Crippen LogP contribution in [0.3, 0.4) is 0 Å². The molecule has 6 rings (SSSR count). The van der Waals surface area contributed by atoms with E-state index in [2.05, 4.69) is 20.8 Å². The molecule has 37 heavy (non-hydrogen) atoms. The Morgan fingerprint density at radius 1 is 1.03 bits per heavy atom. The van der Waals surface area contributed by atoms with Crippen LogP contribution in [0.2, 0.25) is 0 Å². The van der Waals surface area contributed by atoms with Crippen molar-refractivity contribution in [3.63, 3.8) is 0 Å². The van der Waals surface area contributed by atoms with E-state index >= 15 is 0 Å². The lowest BCUT2D eigenvalue weighted by molar-refractivity contribution is -0.193. The van der Waals surface area contributed by atoms with E-state index in [4.69, 9.17) is 19.9 Å². The average molecular weight is 518 g/mol. The summed E-state index contributed by atoms with van der Waals surface area (Å²) in [6.45, 7) is 13.6. The van der Waals surface area contributed by atoms with Gasteiger partial charge in [-0.3, -0.25) is 0 Å². The first-order valence-corrected chi connectivity index (χ1v) is 15.3. The standard InChI is InChI=1S/C31H51NO5/c1-7-35-25(28(4,5)34)21-10-8-19-22(36-21)16-20-18-9-11-23-27(2,3)24(37-26(32)33)12-13-31(23)17-30(18,31)15-14-29(19,20)6/h18-25,34H,7-17H2,1-6H3,(H2,32,33). The summed E-state index contributed by atoms with van der Waals surface area (Å²) in [5.74, 6) is 2.75. The molecule has 3 N–H and O–H groups in total. The molecule has 5 saturated carbocycles. The summed E-state index contributed by atoms with van der Waals surface area (Å²) in [7, 11) is 0. The van der Waals surface area contributed by atoms with E-state index < -0.39 is 11.7 Å². The Morgan fingerprint density at radius 2 is 1.76 bits per heavy atom. The predicted molar refractivity (Wildman–Crippen MR) is 142 cm³/mol. The molecular formula is C31H51NO5. The van der Waals surface area contributed by atoms with Gasteiger partial charge in [-0.1, -0.05) is 20.8 Å². The molecule has 0 aromatic rings. The highest BCUT2D eigenvalue weighted by molar-refractivity contribution is 5.65. The first kappa shape index (κ1) is 26.4. The maximum absolute atomic E-state index is 11.6. The Kier molecular flexibility index (Phi) is 5.94. The lowest BCUT2D eigenvalue weighted by Crippen LogP contribution is -2.55. The van der Waals surface area contributed by atoms with Crippen molar-refractivity contribution in [2.75, 3.05) is 6.61 Å². The zero-order valence-electron chi connectivity index (χ0n) is 24.1. The van der Waals surface area contributed by atoms with Crippen LogP contribution in [0.1, 0.15) is 106 Å². The fraction of sp³-hybridized carbons (Fsp3) is 0.968. The van der Waals surface area contributed by atoms with Gasteiger partial charge in [0.05, 0.1) is 17.8 Å². The normalized spacial score (nSPS) is 50.5. The summed E-state index contributed by atoms with van der Waals surface area (Å²) >= 11 is 0. The number of rotatable bonds is 5. The van der Waals surface area contributed by atoms with Crippen LogP contribution < -0.4 is 5.73 Å². The van der Waals surface area contributed by atoms with Gasteiger partial charge in [-0.2, -0.15) is 0 Å². The van der Waals surface area contributed by atoms with Crippen LogP contribution in [0.4, 0.5) is 4.79 Å². The van der Waals surface area contributed by atoms with Crippen molar-refractivity contribution in [3.05, 3.63) is 0 Å². The van der Waals surface area contributed by atoms with E-state index in [0.717, 1.165) is 24.7 Å². The number of fused-ring (bicyclic) bond motifs is 4. The first-order valence-electron chi connectivity index (χ1n) is 15.3. The third kappa shape index (κ3) is 3.56. The highest BCUT2D eigenvalue weighted by atomic mass is 16.6. The maximum Gasteiger partial charge on any atom is 0.404 e. The summed E-state index contributed by atoms with van der Waals surface area (Å²) in [5.41, 5.74) is 5.80. The molecular weight excluding hydrogens is 466 g/mol. The van der Waals surface area contributed by atoms with Gasteiger partial charge in [0.2, 0.25) is 0 Å². The van der Waals surface area contributed by atoms with Crippen molar-refractivity contribution in [3.8, 4) is 0 Å². The first-order chi connectivity index (χ1) is 17.3. The number of amides is 1. The lowest BCUT2D eigenvalue weighted by Gasteiger charge is -2.59. The Hall–Kier alpha value is -0.850. The smallest absolute Gasteiger partial charge is 0.404 e. The molecule has 11 atom stereocenters. The molecule has 1 aliphatic heterocycles. The van der Waals surface area contributed by atoms with Crippen LogP contribution >= 0.6 is 0 Å². The van der Waals surface area contributed by atoms with E-state index in [9.17, 15) is 9.90 Å². The zero-order chi connectivity index (χ0) is 26.6. The van der Waals surface area contributed by atoms with Gasteiger partial charge in [0.1, 0.15) is 12.2 Å². The highest BCUT2D eigenvalue weighted by Crippen LogP contribution is 2.87. The van der Waals surface area contributed by atoms with Gasteiger partial charge in [0, 0.05) is 12.0 Å². The molecule has 1 heterocycles. The number of hydrogen-bond donors (Lipinski definition) is 2. The van der Waals surface area contributed by atoms with Crippen LogP contribution in [-0.2, 0) is 14.2 Å². The molecule has 1 saturated heterocycles. The fourth-order valence-electron chi connectivity index (χ4n) is 11.8. The van der Waals surface area contributed by atoms with Gasteiger partial charge in [-0.25, -0.2) is 4.79 Å². The molecule has 6 nitrogen and oxygen atoms in total. The second-order valence-corrected chi connectivity index (χ2v) is 15.3. The minimum absolute atomic E-state index is 0.0200. The predicted octanol–water partition coefficient (Wildman–Crippen LogP) is 5.83. The molecule has 0 radical (unpaired) electrons. The number of aliphatic hydroxyl groups is 1. The average Bonchev–Trinajstić information content (AvgIpc) is 3.38. The summed E-state index contributed by atoms with van der Waals surface area (Å²) in [6.07, 6.45) is 11.4. The van der Waals surface area contributed by atoms with Crippen molar-refractivity contribution < 1.29 is 24.1 Å². The Morgan fingerprint density at radius 3 is 2.43 bits per heavy atom. The van der Waals surface area contributed by atoms with E-state index in [1.165, 1.54) is 51.4 Å². The summed E-state index contributed by atoms with van der Waals surface area (Å²) in [4.78, 5) is 11.6. The molecule has 5 aliphatic carbocycles. The topological polar surface area (TPSA) is 91.0 Å². The fourth-order valence-corrected chi connectivity index (χ4v) is 11.8. The number of hydrogen-bond acceptors (Lipinski definition) is 5. The molecule has 11 unspecified atom stereocenters. The molecule has 0 bridgehead atoms. The molecule has 6 heteroatoms. The highest BCUT2D eigenvalue weighted by Gasteiger charge is 2.80. The minimum Gasteiger partial charge on any atom is -0.446 e. The second-order valence-electron chi connectivity index (χ2n) is 15.3. The van der Waals surface area contributed by atoms with Gasteiger partial charge in [0.25, 0.3) is 0 Å². The largest absolute Gasteiger partial charge is 0.446 e. The van der Waals surface area contributed by atoms with E-state index in [1.54, 1.807) is 0 Å². The molecule has 6 fully saturated rings. The van der Waals surface area contributed by atoms with Crippen LogP contribution in [0.25, 0.3) is 0 Å². The van der Waals surface area contributed by atoms with Crippen LogP contribution in [0.5, 0.6) is 0 Å². The molecule has 1 amide bonds. The summed E-state index contributed by atoms with van der Waals surface area (Å²) in [6, 6.07) is 0. The van der Waals surface area contributed by atoms with Crippen LogP contribution in [0.15, 0.2) is 0 Å². The molecule has 0 aromatic heterocycles. The zero-order valence-corrected chi connectivity index (χ0v) is 24.1. The SMILES string of the molecule is CCOC(C1CCC2C(CC3C4CCC5C(C)(C)C(OC(N)=O)CCC56CC46CCC23C)O1)C(C)(C)O. The van der Waals surface area contributed by atoms with Gasteiger partial charge >= 0.3 is 6.09 Å². The number of carbonyl (C=O) groups is 1. The molecule has 210 valence electrons. The second kappa shape index (κ2) is 8.33. The van der Waals surface area contributed by atoms with Crippen molar-refractivity contribution in [2.24, 2.45) is 51.1 Å². The third-order valence-corrected chi connectivity index (χ3v) is 13.2. The van der Waals surface area contributed by atoms with Crippen molar-refractivity contribution in [1.29, 1.82) is 0 Å². The van der Waals surface area contributed by atoms with Gasteiger partial charge < -0.3 is 25.1 Å². The summed E-state index contributed by atoms with van der Waals surface area (Å²) < 4.78 is 18.6. The van der Waals surface area contributed by atoms with E-state index in [1.807, 2.05) is 20.8 Å². The van der Waals surface area contributed by atoms with Gasteiger partial charge in [0.15, 0.2) is 0 Å². The van der Waals surface area contributed by atoms with Crippen LogP contribution in [0, 0.1) is 45.3 Å². The number of carbonyl (C=O) groups excluding carboxylic acids is 1.